The van der Waals surface area contributed by atoms with E-state index in [1.807, 2.05) is 77.5 Å². The van der Waals surface area contributed by atoms with Gasteiger partial charge in [0.1, 0.15) is 6.54 Å². The lowest BCUT2D eigenvalue weighted by molar-refractivity contribution is -0.132. The summed E-state index contributed by atoms with van der Waals surface area (Å²) < 4.78 is 5.31. The van der Waals surface area contributed by atoms with Gasteiger partial charge in [-0.1, -0.05) is 65.8 Å². The van der Waals surface area contributed by atoms with Crippen LogP contribution in [-0.2, 0) is 23.3 Å². The molecule has 0 saturated carbocycles. The predicted molar refractivity (Wildman–Crippen MR) is 115 cm³/mol. The minimum absolute atomic E-state index is 0.0921. The summed E-state index contributed by atoms with van der Waals surface area (Å²) in [5, 5.41) is 10.7. The monoisotopic (exact) mass is 430 g/mol. The maximum absolute atomic E-state index is 13.6. The summed E-state index contributed by atoms with van der Waals surface area (Å²) in [5.74, 6) is 0.290. The van der Waals surface area contributed by atoms with Gasteiger partial charge in [0, 0.05) is 17.4 Å². The molecule has 5 rings (SSSR count). The zero-order valence-corrected chi connectivity index (χ0v) is 17.2. The Hall–Kier alpha value is -3.78. The summed E-state index contributed by atoms with van der Waals surface area (Å²) in [6, 6.07) is 20.3. The summed E-state index contributed by atoms with van der Waals surface area (Å²) in [7, 11) is 0. The molecule has 1 aliphatic rings. The average Bonchev–Trinajstić information content (AvgIpc) is 3.53. The Balaban J connectivity index is 1.47. The molecule has 0 spiro atoms. The Morgan fingerprint density at radius 2 is 1.74 bits per heavy atom. The molecule has 0 bridgehead atoms. The van der Waals surface area contributed by atoms with Crippen LogP contribution >= 0.6 is 11.3 Å². The minimum atomic E-state index is -1.20. The lowest BCUT2D eigenvalue weighted by atomic mass is 9.83. The average molecular weight is 430 g/mol. The van der Waals surface area contributed by atoms with E-state index in [1.54, 1.807) is 0 Å². The predicted octanol–water partition coefficient (Wildman–Crippen LogP) is 3.99. The van der Waals surface area contributed by atoms with Crippen LogP contribution in [-0.4, -0.2) is 27.0 Å². The fraction of sp³-hybridized carbons (Fsp3) is 0.130. The van der Waals surface area contributed by atoms with E-state index in [1.165, 1.54) is 11.3 Å². The molecule has 3 amide bonds. The molecule has 0 radical (unpaired) electrons. The number of nitrogens with zero attached hydrogens (tertiary/aromatic N) is 3. The molecular formula is C23H18N4O3S. The van der Waals surface area contributed by atoms with E-state index < -0.39 is 11.6 Å². The zero-order valence-electron chi connectivity index (χ0n) is 16.4. The number of amides is 3. The normalized spacial score (nSPS) is 18.4. The quantitative estimate of drug-likeness (QED) is 0.467. The topological polar surface area (TPSA) is 88.3 Å². The van der Waals surface area contributed by atoms with Crippen molar-refractivity contribution in [1.29, 1.82) is 0 Å². The van der Waals surface area contributed by atoms with Crippen molar-refractivity contribution in [3.63, 3.8) is 0 Å². The number of thiophene rings is 1. The largest absolute Gasteiger partial charge is 0.337 e. The second-order valence-corrected chi connectivity index (χ2v) is 8.06. The summed E-state index contributed by atoms with van der Waals surface area (Å²) in [5.41, 5.74) is 1.30. The maximum atomic E-state index is 13.6. The Bertz CT molecular complexity index is 1210. The third kappa shape index (κ3) is 3.51. The molecule has 7 nitrogen and oxygen atoms in total. The number of imide groups is 1. The third-order valence-electron chi connectivity index (χ3n) is 5.30. The first kappa shape index (κ1) is 19.2. The van der Waals surface area contributed by atoms with Gasteiger partial charge < -0.3 is 9.84 Å². The first-order valence-electron chi connectivity index (χ1n) is 9.74. The molecule has 1 atom stereocenters. The van der Waals surface area contributed by atoms with Crippen molar-refractivity contribution in [1.82, 2.24) is 20.4 Å². The zero-order chi connectivity index (χ0) is 21.3. The van der Waals surface area contributed by atoms with Crippen molar-refractivity contribution in [3.05, 3.63) is 94.5 Å². The van der Waals surface area contributed by atoms with Crippen LogP contribution in [0.1, 0.15) is 17.0 Å². The molecule has 3 heterocycles. The minimum Gasteiger partial charge on any atom is -0.337 e. The van der Waals surface area contributed by atoms with E-state index in [2.05, 4.69) is 15.5 Å². The first-order chi connectivity index (χ1) is 15.2. The Labute approximate surface area is 182 Å². The number of carbonyl (C=O) groups is 2. The van der Waals surface area contributed by atoms with Gasteiger partial charge in [0.2, 0.25) is 11.7 Å². The Kier molecular flexibility index (Phi) is 4.83. The van der Waals surface area contributed by atoms with Gasteiger partial charge in [0.05, 0.1) is 0 Å². The smallest absolute Gasteiger partial charge is 0.325 e. The first-order valence-corrected chi connectivity index (χ1v) is 10.7. The van der Waals surface area contributed by atoms with Crippen LogP contribution in [0.3, 0.4) is 0 Å². The van der Waals surface area contributed by atoms with Crippen LogP contribution < -0.4 is 5.32 Å². The summed E-state index contributed by atoms with van der Waals surface area (Å²) in [6.07, 6.45) is 0.336. The fourth-order valence-corrected chi connectivity index (χ4v) is 4.41. The van der Waals surface area contributed by atoms with Crippen LogP contribution in [0.5, 0.6) is 0 Å². The van der Waals surface area contributed by atoms with Crippen molar-refractivity contribution in [2.24, 2.45) is 0 Å². The molecule has 1 unspecified atom stereocenters. The van der Waals surface area contributed by atoms with Gasteiger partial charge in [0.25, 0.3) is 5.91 Å². The molecule has 1 saturated heterocycles. The summed E-state index contributed by atoms with van der Waals surface area (Å²) in [6.45, 7) is -0.0921. The molecule has 2 aromatic heterocycles. The molecule has 31 heavy (non-hydrogen) atoms. The fourth-order valence-electron chi connectivity index (χ4n) is 3.78. The number of hydrogen-bond donors (Lipinski definition) is 1. The number of urea groups is 1. The van der Waals surface area contributed by atoms with Gasteiger partial charge in [-0.2, -0.15) is 16.3 Å². The highest BCUT2D eigenvalue weighted by atomic mass is 32.1. The van der Waals surface area contributed by atoms with E-state index in [0.29, 0.717) is 12.2 Å². The molecule has 8 heteroatoms. The van der Waals surface area contributed by atoms with Crippen molar-refractivity contribution < 1.29 is 14.1 Å². The van der Waals surface area contributed by atoms with Crippen LogP contribution in [0.25, 0.3) is 11.4 Å². The van der Waals surface area contributed by atoms with Crippen molar-refractivity contribution >= 4 is 23.3 Å². The number of rotatable bonds is 6. The van der Waals surface area contributed by atoms with Gasteiger partial charge >= 0.3 is 6.03 Å². The number of hydrogen-bond acceptors (Lipinski definition) is 6. The van der Waals surface area contributed by atoms with Crippen molar-refractivity contribution in [3.8, 4) is 11.4 Å². The van der Waals surface area contributed by atoms with E-state index in [0.717, 1.165) is 21.6 Å². The number of benzene rings is 2. The molecule has 1 N–H and O–H groups in total. The van der Waals surface area contributed by atoms with E-state index in [-0.39, 0.29) is 18.3 Å². The molecule has 0 aliphatic carbocycles. The summed E-state index contributed by atoms with van der Waals surface area (Å²) >= 11 is 1.53. The highest BCUT2D eigenvalue weighted by Gasteiger charge is 2.52. The lowest BCUT2D eigenvalue weighted by Crippen LogP contribution is -2.46. The molecule has 154 valence electrons. The Morgan fingerprint density at radius 1 is 1.00 bits per heavy atom. The van der Waals surface area contributed by atoms with Crippen LogP contribution in [0.4, 0.5) is 4.79 Å². The number of nitrogens with one attached hydrogen (secondary N) is 1. The SMILES string of the molecule is O=C1NC(Cc2ccccc2)(c2ccccc2)C(=O)N1Cc1nc(-c2ccsc2)no1. The van der Waals surface area contributed by atoms with Crippen molar-refractivity contribution in [2.75, 3.05) is 0 Å². The van der Waals surface area contributed by atoms with Gasteiger partial charge in [-0.05, 0) is 22.6 Å². The van der Waals surface area contributed by atoms with Crippen LogP contribution in [0, 0.1) is 0 Å². The van der Waals surface area contributed by atoms with Crippen molar-refractivity contribution in [2.45, 2.75) is 18.5 Å². The molecule has 1 aliphatic heterocycles. The van der Waals surface area contributed by atoms with Gasteiger partial charge in [0.15, 0.2) is 5.54 Å². The van der Waals surface area contributed by atoms with Gasteiger partial charge in [-0.15, -0.1) is 0 Å². The van der Waals surface area contributed by atoms with Gasteiger partial charge in [-0.25, -0.2) is 4.79 Å². The molecule has 1 fully saturated rings. The van der Waals surface area contributed by atoms with E-state index in [4.69, 9.17) is 4.52 Å². The number of carbonyl (C=O) groups excluding carboxylic acids is 2. The van der Waals surface area contributed by atoms with Gasteiger partial charge in [-0.3, -0.25) is 9.69 Å². The summed E-state index contributed by atoms with van der Waals surface area (Å²) in [4.78, 5) is 32.0. The van der Waals surface area contributed by atoms with E-state index >= 15 is 0 Å². The maximum Gasteiger partial charge on any atom is 0.325 e. The second kappa shape index (κ2) is 7.81. The standard InChI is InChI=1S/C23H18N4O3S/c28-21-23(18-9-5-2-6-10-18,13-16-7-3-1-4-8-16)25-22(29)27(21)14-19-24-20(26-30-19)17-11-12-31-15-17/h1-12,15H,13-14H2,(H,25,29). The van der Waals surface area contributed by atoms with E-state index in [9.17, 15) is 9.59 Å². The van der Waals surface area contributed by atoms with Crippen LogP contribution in [0.15, 0.2) is 82.0 Å². The Morgan fingerprint density at radius 3 is 2.45 bits per heavy atom. The lowest BCUT2D eigenvalue weighted by Gasteiger charge is -2.27. The second-order valence-electron chi connectivity index (χ2n) is 7.28. The van der Waals surface area contributed by atoms with Crippen LogP contribution in [0.2, 0.25) is 0 Å². The third-order valence-corrected chi connectivity index (χ3v) is 5.98. The number of aromatic nitrogens is 2. The molecule has 2 aromatic carbocycles. The molecule has 4 aromatic rings. The highest BCUT2D eigenvalue weighted by molar-refractivity contribution is 7.08. The highest BCUT2D eigenvalue weighted by Crippen LogP contribution is 2.33. The molecular weight excluding hydrogens is 412 g/mol.